The molecule has 0 spiro atoms. The maximum Gasteiger partial charge on any atom is 0.122 e. The maximum absolute atomic E-state index is 10.6. The normalized spacial score (nSPS) is 13.8. The molecule has 0 fully saturated rings. The van der Waals surface area contributed by atoms with Crippen LogP contribution in [0.3, 0.4) is 0 Å². The third-order valence-electron chi connectivity index (χ3n) is 6.60. The van der Waals surface area contributed by atoms with Crippen LogP contribution in [0.4, 0.5) is 0 Å². The van der Waals surface area contributed by atoms with Crippen molar-refractivity contribution in [2.75, 3.05) is 13.2 Å². The average molecular weight is 429 g/mol. The second-order valence-corrected chi connectivity index (χ2v) is 8.75. The molecule has 3 N–H and O–H groups in total. The largest absolute Gasteiger partial charge is 0.491 e. The van der Waals surface area contributed by atoms with Crippen molar-refractivity contribution in [3.8, 4) is 5.75 Å². The topological polar surface area (TPSA) is 69.9 Å². The molecule has 31 heavy (non-hydrogen) atoms. The van der Waals surface area contributed by atoms with Gasteiger partial charge in [0.15, 0.2) is 0 Å². The first-order valence-corrected chi connectivity index (χ1v) is 11.6. The van der Waals surface area contributed by atoms with Crippen molar-refractivity contribution >= 4 is 0 Å². The molecule has 2 aromatic carbocycles. The van der Waals surface area contributed by atoms with Gasteiger partial charge in [-0.3, -0.25) is 0 Å². The summed E-state index contributed by atoms with van der Waals surface area (Å²) < 4.78 is 5.64. The van der Waals surface area contributed by atoms with Gasteiger partial charge in [-0.1, -0.05) is 51.1 Å². The van der Waals surface area contributed by atoms with E-state index in [1.165, 1.54) is 22.3 Å². The molecule has 0 aliphatic heterocycles. The van der Waals surface area contributed by atoms with E-state index in [2.05, 4.69) is 58.0 Å². The van der Waals surface area contributed by atoms with Crippen molar-refractivity contribution in [1.82, 2.24) is 0 Å². The summed E-state index contributed by atoms with van der Waals surface area (Å²) in [6.45, 7) is 10.3. The fourth-order valence-corrected chi connectivity index (χ4v) is 4.14. The quantitative estimate of drug-likeness (QED) is 0.442. The Kier molecular flexibility index (Phi) is 9.54. The van der Waals surface area contributed by atoms with E-state index in [9.17, 15) is 10.2 Å². The molecule has 0 saturated heterocycles. The summed E-state index contributed by atoms with van der Waals surface area (Å²) >= 11 is 0. The lowest BCUT2D eigenvalue weighted by atomic mass is 9.85. The summed E-state index contributed by atoms with van der Waals surface area (Å²) in [7, 11) is 0. The highest BCUT2D eigenvalue weighted by Gasteiger charge is 2.22. The number of benzene rings is 2. The first kappa shape index (κ1) is 25.4. The summed E-state index contributed by atoms with van der Waals surface area (Å²) in [4.78, 5) is 0. The lowest BCUT2D eigenvalue weighted by molar-refractivity contribution is 0.0239. The second-order valence-electron chi connectivity index (χ2n) is 8.75. The van der Waals surface area contributed by atoms with E-state index < -0.39 is 11.7 Å². The van der Waals surface area contributed by atoms with Gasteiger partial charge >= 0.3 is 0 Å². The lowest BCUT2D eigenvalue weighted by Crippen LogP contribution is -2.27. The van der Waals surface area contributed by atoms with Crippen LogP contribution < -0.4 is 4.74 Å². The Bertz CT molecular complexity index is 826. The molecule has 0 bridgehead atoms. The van der Waals surface area contributed by atoms with E-state index in [1.54, 1.807) is 0 Å². The van der Waals surface area contributed by atoms with Crippen LogP contribution in [0.25, 0.3) is 0 Å². The van der Waals surface area contributed by atoms with Gasteiger partial charge in [-0.05, 0) is 79.8 Å². The Morgan fingerprint density at radius 1 is 0.935 bits per heavy atom. The lowest BCUT2D eigenvalue weighted by Gasteiger charge is -2.25. The van der Waals surface area contributed by atoms with Gasteiger partial charge in [0.25, 0.3) is 0 Å². The summed E-state index contributed by atoms with van der Waals surface area (Å²) in [6, 6.07) is 12.9. The van der Waals surface area contributed by atoms with Crippen molar-refractivity contribution in [1.29, 1.82) is 0 Å². The van der Waals surface area contributed by atoms with Crippen LogP contribution in [0.5, 0.6) is 5.75 Å². The molecule has 0 heterocycles. The number of aliphatic hydroxyl groups excluding tert-OH is 2. The number of hydrogen-bond acceptors (Lipinski definition) is 4. The Balaban J connectivity index is 2.17. The first-order valence-electron chi connectivity index (χ1n) is 11.6. The molecule has 2 rings (SSSR count). The summed E-state index contributed by atoms with van der Waals surface area (Å²) in [5.74, 6) is 1.03. The Hall–Kier alpha value is -1.88. The van der Waals surface area contributed by atoms with Gasteiger partial charge < -0.3 is 20.1 Å². The van der Waals surface area contributed by atoms with E-state index in [0.29, 0.717) is 5.92 Å². The van der Waals surface area contributed by atoms with Crippen molar-refractivity contribution in [3.05, 3.63) is 64.2 Å². The number of aryl methyl sites for hydroxylation is 3. The highest BCUT2D eigenvalue weighted by molar-refractivity contribution is 5.43. The molecule has 4 nitrogen and oxygen atoms in total. The third-order valence-corrected chi connectivity index (χ3v) is 6.60. The Morgan fingerprint density at radius 2 is 1.55 bits per heavy atom. The van der Waals surface area contributed by atoms with E-state index in [-0.39, 0.29) is 13.2 Å². The minimum Gasteiger partial charge on any atom is -0.491 e. The van der Waals surface area contributed by atoms with Crippen molar-refractivity contribution in [3.63, 3.8) is 0 Å². The van der Waals surface area contributed by atoms with E-state index >= 15 is 0 Å². The number of aliphatic hydroxyl groups is 3. The molecule has 0 saturated carbocycles. The van der Waals surface area contributed by atoms with Crippen molar-refractivity contribution < 1.29 is 20.1 Å². The third kappa shape index (κ3) is 6.80. The van der Waals surface area contributed by atoms with Gasteiger partial charge in [-0.2, -0.15) is 0 Å². The van der Waals surface area contributed by atoms with Crippen LogP contribution in [0.1, 0.15) is 80.2 Å². The summed E-state index contributed by atoms with van der Waals surface area (Å²) in [5, 5.41) is 29.1. The molecule has 0 radical (unpaired) electrons. The number of ether oxygens (including phenoxy) is 1. The van der Waals surface area contributed by atoms with Gasteiger partial charge in [0.05, 0.1) is 12.2 Å². The SMILES string of the molecule is CCC(c1ccc(CCC(O)(CC)CC)c(C)c1)c1ccc(OCC(O)CO)c(C)c1. The predicted octanol–water partition coefficient (Wildman–Crippen LogP) is 5.06. The minimum atomic E-state index is -0.866. The van der Waals surface area contributed by atoms with E-state index in [0.717, 1.165) is 43.4 Å². The molecule has 4 heteroatoms. The van der Waals surface area contributed by atoms with Crippen LogP contribution in [-0.2, 0) is 6.42 Å². The molecule has 0 aliphatic rings. The molecular weight excluding hydrogens is 388 g/mol. The maximum atomic E-state index is 10.6. The zero-order valence-electron chi connectivity index (χ0n) is 19.8. The van der Waals surface area contributed by atoms with Gasteiger partial charge in [0.2, 0.25) is 0 Å². The highest BCUT2D eigenvalue weighted by Crippen LogP contribution is 2.33. The van der Waals surface area contributed by atoms with Gasteiger partial charge in [-0.15, -0.1) is 0 Å². The van der Waals surface area contributed by atoms with E-state index in [1.807, 2.05) is 13.0 Å². The molecule has 172 valence electrons. The van der Waals surface area contributed by atoms with Crippen LogP contribution in [0, 0.1) is 13.8 Å². The molecule has 0 amide bonds. The highest BCUT2D eigenvalue weighted by atomic mass is 16.5. The van der Waals surface area contributed by atoms with Crippen LogP contribution >= 0.6 is 0 Å². The standard InChI is InChI=1S/C27H40O4/c1-6-25(23-11-12-26(20(5)16-23)31-18-24(29)17-28)22-10-9-21(19(4)15-22)13-14-27(30,7-2)8-3/h9-12,15-16,24-25,28-30H,6-8,13-14,17-18H2,1-5H3. The molecule has 0 aromatic heterocycles. The fraction of sp³-hybridized carbons (Fsp3) is 0.556. The fourth-order valence-electron chi connectivity index (χ4n) is 4.14. The van der Waals surface area contributed by atoms with Crippen LogP contribution in [0.15, 0.2) is 36.4 Å². The summed E-state index contributed by atoms with van der Waals surface area (Å²) in [6.07, 6.45) is 3.39. The first-order chi connectivity index (χ1) is 14.8. The second kappa shape index (κ2) is 11.7. The zero-order chi connectivity index (χ0) is 23.0. The van der Waals surface area contributed by atoms with Gasteiger partial charge in [0.1, 0.15) is 18.5 Å². The Morgan fingerprint density at radius 3 is 2.06 bits per heavy atom. The number of hydrogen-bond donors (Lipinski definition) is 3. The van der Waals surface area contributed by atoms with Crippen LogP contribution in [0.2, 0.25) is 0 Å². The van der Waals surface area contributed by atoms with Crippen LogP contribution in [-0.4, -0.2) is 40.2 Å². The minimum absolute atomic E-state index is 0.0831. The van der Waals surface area contributed by atoms with E-state index in [4.69, 9.17) is 9.84 Å². The summed E-state index contributed by atoms with van der Waals surface area (Å²) in [5.41, 5.74) is 5.59. The molecule has 2 unspecified atom stereocenters. The van der Waals surface area contributed by atoms with Gasteiger partial charge in [-0.25, -0.2) is 0 Å². The van der Waals surface area contributed by atoms with Crippen molar-refractivity contribution in [2.24, 2.45) is 0 Å². The Labute approximate surface area is 187 Å². The average Bonchev–Trinajstić information content (AvgIpc) is 2.78. The zero-order valence-corrected chi connectivity index (χ0v) is 19.8. The molecule has 2 aromatic rings. The van der Waals surface area contributed by atoms with Gasteiger partial charge in [0, 0.05) is 5.92 Å². The number of rotatable bonds is 12. The molecule has 2 atom stereocenters. The monoisotopic (exact) mass is 428 g/mol. The predicted molar refractivity (Wildman–Crippen MR) is 127 cm³/mol. The molecule has 0 aliphatic carbocycles. The van der Waals surface area contributed by atoms with Crippen molar-refractivity contribution in [2.45, 2.75) is 84.3 Å². The molecular formula is C27H40O4. The smallest absolute Gasteiger partial charge is 0.122 e.